The maximum absolute atomic E-state index is 13.7. The minimum atomic E-state index is -0.488. The molecule has 246 valence electrons. The summed E-state index contributed by atoms with van der Waals surface area (Å²) in [5.41, 5.74) is 2.14. The number of hydrogen-bond acceptors (Lipinski definition) is 8. The fourth-order valence-corrected chi connectivity index (χ4v) is 6.90. The first-order valence-electron chi connectivity index (χ1n) is 15.7. The number of ether oxygens (including phenoxy) is 1. The molecule has 1 saturated heterocycles. The molecule has 48 heavy (non-hydrogen) atoms. The number of amides is 4. The molecule has 1 atom stereocenters. The molecule has 0 bridgehead atoms. The Hall–Kier alpha value is -5.25. The lowest BCUT2D eigenvalue weighted by molar-refractivity contribution is -0.128. The van der Waals surface area contributed by atoms with Crippen molar-refractivity contribution in [1.29, 1.82) is 5.26 Å². The summed E-state index contributed by atoms with van der Waals surface area (Å²) >= 11 is 1.21. The number of benzene rings is 2. The molecule has 0 saturated carbocycles. The summed E-state index contributed by atoms with van der Waals surface area (Å²) in [5.74, 6) is 0.662. The van der Waals surface area contributed by atoms with E-state index in [1.165, 1.54) is 11.3 Å². The number of aryl methyl sites for hydroxylation is 1. The lowest BCUT2D eigenvalue weighted by atomic mass is 9.98. The van der Waals surface area contributed by atoms with Crippen LogP contribution in [0.5, 0.6) is 11.5 Å². The van der Waals surface area contributed by atoms with Crippen LogP contribution in [-0.4, -0.2) is 71.4 Å². The number of urea groups is 1. The number of carbonyl (C=O) groups is 3. The SMILES string of the molecule is Cc1cc(Oc2ccccc2)ccc1N1C(=O)Nc2c(C(=O)NC3CCCN(C(=O)/C(C#N)=C\C(C)(C)N(C)C)C3)sc3nccc1c23. The predicted molar refractivity (Wildman–Crippen MR) is 187 cm³/mol. The van der Waals surface area contributed by atoms with Crippen molar-refractivity contribution in [3.05, 3.63) is 82.9 Å². The van der Waals surface area contributed by atoms with Gasteiger partial charge in [-0.1, -0.05) is 18.2 Å². The molecule has 2 aliphatic rings. The third-order valence-corrected chi connectivity index (χ3v) is 9.98. The highest BCUT2D eigenvalue weighted by atomic mass is 32.1. The van der Waals surface area contributed by atoms with Crippen LogP contribution in [0.25, 0.3) is 10.2 Å². The smallest absolute Gasteiger partial charge is 0.331 e. The highest BCUT2D eigenvalue weighted by molar-refractivity contribution is 7.21. The number of nitriles is 1. The van der Waals surface area contributed by atoms with Gasteiger partial charge in [0.2, 0.25) is 0 Å². The number of rotatable bonds is 8. The number of anilines is 3. The van der Waals surface area contributed by atoms with Crippen LogP contribution in [0.1, 0.15) is 41.9 Å². The second kappa shape index (κ2) is 13.1. The van der Waals surface area contributed by atoms with E-state index in [2.05, 4.69) is 21.7 Å². The van der Waals surface area contributed by atoms with E-state index in [9.17, 15) is 19.6 Å². The zero-order chi connectivity index (χ0) is 34.2. The van der Waals surface area contributed by atoms with Gasteiger partial charge >= 0.3 is 6.03 Å². The molecule has 1 fully saturated rings. The van der Waals surface area contributed by atoms with Crippen molar-refractivity contribution < 1.29 is 19.1 Å². The maximum atomic E-state index is 13.7. The molecular weight excluding hydrogens is 627 g/mol. The van der Waals surface area contributed by atoms with Crippen LogP contribution in [0.15, 0.2) is 72.4 Å². The van der Waals surface area contributed by atoms with Crippen molar-refractivity contribution in [2.24, 2.45) is 0 Å². The molecule has 11 nitrogen and oxygen atoms in total. The maximum Gasteiger partial charge on any atom is 0.331 e. The average Bonchev–Trinajstić information content (AvgIpc) is 3.44. The molecule has 4 amide bonds. The van der Waals surface area contributed by atoms with Gasteiger partial charge in [-0.3, -0.25) is 14.5 Å². The number of nitrogens with zero attached hydrogens (tertiary/aromatic N) is 5. The fourth-order valence-electron chi connectivity index (χ4n) is 5.88. The molecular formula is C36H37N7O4S. The second-order valence-electron chi connectivity index (χ2n) is 12.7. The number of aromatic nitrogens is 1. The summed E-state index contributed by atoms with van der Waals surface area (Å²) in [6.07, 6.45) is 4.68. The Kier molecular flexibility index (Phi) is 8.92. The summed E-state index contributed by atoms with van der Waals surface area (Å²) in [6.45, 7) is 6.56. The summed E-state index contributed by atoms with van der Waals surface area (Å²) in [5, 5.41) is 16.5. The predicted octanol–water partition coefficient (Wildman–Crippen LogP) is 6.59. The standard InChI is InChI=1S/C36H37N7O4S/c1-22-18-26(47-25-11-7-6-8-12-25)13-14-27(22)43-28-15-16-38-33-29(28)30(40-35(43)46)31(48-33)32(44)39-24-10-9-17-42(21-24)34(45)23(20-37)19-36(2,3)41(4)5/h6-8,11-16,18-19,24H,9-10,17,21H2,1-5H3,(H,39,44)(H,40,46)/b23-19-. The fraction of sp³-hybridized carbons (Fsp3) is 0.306. The number of likely N-dealkylation sites (tertiary alicyclic amines) is 1. The van der Waals surface area contributed by atoms with Gasteiger partial charge in [-0.15, -0.1) is 11.3 Å². The molecule has 2 aromatic heterocycles. The van der Waals surface area contributed by atoms with Crippen molar-refractivity contribution in [1.82, 2.24) is 20.1 Å². The second-order valence-corrected chi connectivity index (χ2v) is 13.7. The minimum Gasteiger partial charge on any atom is -0.457 e. The van der Waals surface area contributed by atoms with E-state index in [1.807, 2.05) is 88.3 Å². The number of hydrogen-bond donors (Lipinski definition) is 2. The topological polar surface area (TPSA) is 131 Å². The Morgan fingerprint density at radius 3 is 2.62 bits per heavy atom. The van der Waals surface area contributed by atoms with Gasteiger partial charge in [0.1, 0.15) is 32.8 Å². The quantitative estimate of drug-likeness (QED) is 0.161. The third-order valence-electron chi connectivity index (χ3n) is 8.89. The van der Waals surface area contributed by atoms with Crippen LogP contribution >= 0.6 is 11.3 Å². The molecule has 0 radical (unpaired) electrons. The lowest BCUT2D eigenvalue weighted by Gasteiger charge is -2.34. The van der Waals surface area contributed by atoms with E-state index in [4.69, 9.17) is 4.74 Å². The van der Waals surface area contributed by atoms with Gasteiger partial charge in [-0.25, -0.2) is 9.78 Å². The van der Waals surface area contributed by atoms with E-state index in [-0.39, 0.29) is 30.0 Å². The lowest BCUT2D eigenvalue weighted by Crippen LogP contribution is -2.50. The van der Waals surface area contributed by atoms with Crippen LogP contribution in [0.3, 0.4) is 0 Å². The molecule has 4 heterocycles. The summed E-state index contributed by atoms with van der Waals surface area (Å²) < 4.78 is 5.99. The van der Waals surface area contributed by atoms with Crippen molar-refractivity contribution in [3.8, 4) is 17.6 Å². The van der Waals surface area contributed by atoms with Gasteiger partial charge < -0.3 is 25.2 Å². The van der Waals surface area contributed by atoms with Gasteiger partial charge in [-0.2, -0.15) is 5.26 Å². The van der Waals surface area contributed by atoms with Crippen molar-refractivity contribution in [2.75, 3.05) is 37.4 Å². The van der Waals surface area contributed by atoms with Crippen LogP contribution in [0, 0.1) is 18.3 Å². The van der Waals surface area contributed by atoms with Crippen molar-refractivity contribution >= 4 is 56.5 Å². The minimum absolute atomic E-state index is 0.0779. The van der Waals surface area contributed by atoms with Crippen LogP contribution < -0.4 is 20.3 Å². The first kappa shape index (κ1) is 32.7. The molecule has 1 unspecified atom stereocenters. The molecule has 2 N–H and O–H groups in total. The van der Waals surface area contributed by atoms with Gasteiger partial charge in [-0.05, 0) is 95.7 Å². The van der Waals surface area contributed by atoms with E-state index >= 15 is 0 Å². The Balaban J connectivity index is 1.22. The van der Waals surface area contributed by atoms with E-state index in [0.29, 0.717) is 63.0 Å². The van der Waals surface area contributed by atoms with Crippen LogP contribution in [-0.2, 0) is 4.79 Å². The molecule has 6 rings (SSSR count). The Morgan fingerprint density at radius 1 is 1.15 bits per heavy atom. The number of carbonyl (C=O) groups excluding carboxylic acids is 3. The number of nitrogens with one attached hydrogen (secondary N) is 2. The van der Waals surface area contributed by atoms with Gasteiger partial charge in [0.25, 0.3) is 11.8 Å². The molecule has 0 spiro atoms. The third kappa shape index (κ3) is 6.34. The largest absolute Gasteiger partial charge is 0.457 e. The van der Waals surface area contributed by atoms with Gasteiger partial charge in [0.15, 0.2) is 0 Å². The number of para-hydroxylation sites is 1. The Labute approximate surface area is 283 Å². The number of likely N-dealkylation sites (N-methyl/N-ethyl adjacent to an activating group) is 1. The van der Waals surface area contributed by atoms with Crippen LogP contribution in [0.2, 0.25) is 0 Å². The molecule has 2 aliphatic heterocycles. The Morgan fingerprint density at radius 2 is 1.92 bits per heavy atom. The van der Waals surface area contributed by atoms with Crippen molar-refractivity contribution in [3.63, 3.8) is 0 Å². The van der Waals surface area contributed by atoms with Crippen LogP contribution in [0.4, 0.5) is 21.9 Å². The zero-order valence-corrected chi connectivity index (χ0v) is 28.4. The van der Waals surface area contributed by atoms with E-state index in [0.717, 1.165) is 5.56 Å². The summed E-state index contributed by atoms with van der Waals surface area (Å²) in [6, 6.07) is 18.1. The molecule has 4 aromatic rings. The zero-order valence-electron chi connectivity index (χ0n) is 27.5. The monoisotopic (exact) mass is 663 g/mol. The first-order chi connectivity index (χ1) is 23.0. The highest BCUT2D eigenvalue weighted by Gasteiger charge is 2.35. The highest BCUT2D eigenvalue weighted by Crippen LogP contribution is 2.46. The van der Waals surface area contributed by atoms with Crippen molar-refractivity contribution in [2.45, 2.75) is 45.2 Å². The molecule has 0 aliphatic carbocycles. The summed E-state index contributed by atoms with van der Waals surface area (Å²) in [4.78, 5) is 51.4. The normalized spacial score (nSPS) is 16.5. The molecule has 2 aromatic carbocycles. The number of pyridine rings is 1. The van der Waals surface area contributed by atoms with Gasteiger partial charge in [0, 0.05) is 30.9 Å². The van der Waals surface area contributed by atoms with E-state index < -0.39 is 11.6 Å². The summed E-state index contributed by atoms with van der Waals surface area (Å²) in [7, 11) is 3.78. The molecule has 12 heteroatoms. The van der Waals surface area contributed by atoms with E-state index in [1.54, 1.807) is 28.1 Å². The first-order valence-corrected chi connectivity index (χ1v) is 16.5. The number of piperidine rings is 1. The Bertz CT molecular complexity index is 1980. The average molecular weight is 664 g/mol. The van der Waals surface area contributed by atoms with Gasteiger partial charge in [0.05, 0.1) is 22.4 Å². The number of thiophene rings is 1.